The largest absolute Gasteiger partial charge is 0.382 e. The Balaban J connectivity index is 2.15. The van der Waals surface area contributed by atoms with Crippen molar-refractivity contribution >= 4 is 28.2 Å². The van der Waals surface area contributed by atoms with Crippen molar-refractivity contribution in [1.82, 2.24) is 10.3 Å². The molecule has 0 aromatic carbocycles. The standard InChI is InChI=1S/C12H22N4O3S/c1-14-12-16-10(13)9(20-12)11(17)15-5-3-4-6-19-8-7-18-2/h3-8,13H2,1-2H3,(H,14,16)(H,15,17). The molecule has 0 aliphatic heterocycles. The number of rotatable bonds is 10. The van der Waals surface area contributed by atoms with Gasteiger partial charge in [-0.3, -0.25) is 4.79 Å². The van der Waals surface area contributed by atoms with E-state index in [0.29, 0.717) is 36.4 Å². The molecule has 0 saturated heterocycles. The van der Waals surface area contributed by atoms with E-state index in [4.69, 9.17) is 15.2 Å². The third-order valence-electron chi connectivity index (χ3n) is 2.51. The molecule has 0 radical (unpaired) electrons. The van der Waals surface area contributed by atoms with Crippen LogP contribution in [0.25, 0.3) is 0 Å². The van der Waals surface area contributed by atoms with E-state index in [2.05, 4.69) is 15.6 Å². The number of nitrogen functional groups attached to an aromatic ring is 1. The third kappa shape index (κ3) is 5.72. The van der Waals surface area contributed by atoms with Crippen LogP contribution in [0.1, 0.15) is 22.5 Å². The summed E-state index contributed by atoms with van der Waals surface area (Å²) in [5.74, 6) is 0.0848. The minimum absolute atomic E-state index is 0.179. The van der Waals surface area contributed by atoms with Crippen LogP contribution in [0.3, 0.4) is 0 Å². The summed E-state index contributed by atoms with van der Waals surface area (Å²) in [4.78, 5) is 16.4. The first-order chi connectivity index (χ1) is 9.69. The Morgan fingerprint density at radius 2 is 2.15 bits per heavy atom. The molecule has 0 bridgehead atoms. The number of amides is 1. The van der Waals surface area contributed by atoms with Gasteiger partial charge in [-0.1, -0.05) is 11.3 Å². The number of carbonyl (C=O) groups is 1. The van der Waals surface area contributed by atoms with Crippen molar-refractivity contribution in [3.63, 3.8) is 0 Å². The second-order valence-corrected chi connectivity index (χ2v) is 5.05. The first-order valence-corrected chi connectivity index (χ1v) is 7.29. The zero-order valence-electron chi connectivity index (χ0n) is 11.9. The van der Waals surface area contributed by atoms with Gasteiger partial charge in [0.1, 0.15) is 10.7 Å². The summed E-state index contributed by atoms with van der Waals surface area (Å²) in [5, 5.41) is 6.33. The Morgan fingerprint density at radius 1 is 1.35 bits per heavy atom. The number of nitrogens with one attached hydrogen (secondary N) is 2. The molecule has 0 atom stereocenters. The van der Waals surface area contributed by atoms with E-state index in [9.17, 15) is 4.79 Å². The number of hydrogen-bond acceptors (Lipinski definition) is 7. The molecule has 1 aromatic heterocycles. The van der Waals surface area contributed by atoms with Crippen LogP contribution in [0.4, 0.5) is 10.9 Å². The molecule has 8 heteroatoms. The number of ether oxygens (including phenoxy) is 2. The van der Waals surface area contributed by atoms with Crippen LogP contribution in [0.15, 0.2) is 0 Å². The zero-order valence-corrected chi connectivity index (χ0v) is 12.7. The van der Waals surface area contributed by atoms with Gasteiger partial charge in [0.25, 0.3) is 5.91 Å². The Bertz CT molecular complexity index is 411. The van der Waals surface area contributed by atoms with E-state index in [0.717, 1.165) is 12.8 Å². The lowest BCUT2D eigenvalue weighted by Crippen LogP contribution is -2.24. The smallest absolute Gasteiger partial charge is 0.265 e. The lowest BCUT2D eigenvalue weighted by Gasteiger charge is -2.05. The van der Waals surface area contributed by atoms with Crippen LogP contribution in [-0.2, 0) is 9.47 Å². The predicted octanol–water partition coefficient (Wildman–Crippen LogP) is 0.940. The Hall–Kier alpha value is -1.38. The van der Waals surface area contributed by atoms with Crippen molar-refractivity contribution in [3.8, 4) is 0 Å². The van der Waals surface area contributed by atoms with Crippen LogP contribution >= 0.6 is 11.3 Å². The van der Waals surface area contributed by atoms with Gasteiger partial charge in [-0.15, -0.1) is 0 Å². The average molecular weight is 302 g/mol. The molecule has 4 N–H and O–H groups in total. The zero-order chi connectivity index (χ0) is 14.8. The van der Waals surface area contributed by atoms with Crippen LogP contribution in [0, 0.1) is 0 Å². The molecule has 0 fully saturated rings. The summed E-state index contributed by atoms with van der Waals surface area (Å²) in [5.41, 5.74) is 5.68. The normalized spacial score (nSPS) is 10.5. The lowest BCUT2D eigenvalue weighted by molar-refractivity contribution is 0.0686. The molecule has 0 spiro atoms. The van der Waals surface area contributed by atoms with E-state index in [1.54, 1.807) is 14.2 Å². The molecule has 1 amide bonds. The highest BCUT2D eigenvalue weighted by atomic mass is 32.1. The molecule has 0 saturated carbocycles. The van der Waals surface area contributed by atoms with Gasteiger partial charge in [0.2, 0.25) is 0 Å². The molecule has 7 nitrogen and oxygen atoms in total. The second kappa shape index (κ2) is 9.51. The lowest BCUT2D eigenvalue weighted by atomic mass is 10.3. The first-order valence-electron chi connectivity index (χ1n) is 6.48. The predicted molar refractivity (Wildman–Crippen MR) is 80.3 cm³/mol. The molecule has 0 unspecified atom stereocenters. The molecule has 1 rings (SSSR count). The van der Waals surface area contributed by atoms with Gasteiger partial charge >= 0.3 is 0 Å². The average Bonchev–Trinajstić information content (AvgIpc) is 2.83. The molecule has 1 aromatic rings. The van der Waals surface area contributed by atoms with Crippen molar-refractivity contribution in [2.45, 2.75) is 12.8 Å². The Kier molecular flexibility index (Phi) is 7.93. The molecule has 114 valence electrons. The fourth-order valence-electron chi connectivity index (χ4n) is 1.46. The maximum absolute atomic E-state index is 11.9. The van der Waals surface area contributed by atoms with Gasteiger partial charge in [0, 0.05) is 27.3 Å². The number of thiazole rings is 1. The van der Waals surface area contributed by atoms with E-state index in [-0.39, 0.29) is 11.7 Å². The van der Waals surface area contributed by atoms with E-state index in [1.165, 1.54) is 11.3 Å². The third-order valence-corrected chi connectivity index (χ3v) is 3.59. The van der Waals surface area contributed by atoms with Crippen molar-refractivity contribution in [2.75, 3.05) is 51.6 Å². The molecular weight excluding hydrogens is 280 g/mol. The number of anilines is 2. The Labute approximate surface area is 122 Å². The highest BCUT2D eigenvalue weighted by molar-refractivity contribution is 7.18. The van der Waals surface area contributed by atoms with Gasteiger partial charge in [0.15, 0.2) is 5.13 Å². The number of nitrogens with two attached hydrogens (primary N) is 1. The van der Waals surface area contributed by atoms with Gasteiger partial charge in [-0.05, 0) is 12.8 Å². The molecule has 0 aliphatic carbocycles. The summed E-state index contributed by atoms with van der Waals surface area (Å²) in [7, 11) is 3.38. The van der Waals surface area contributed by atoms with Crippen LogP contribution in [-0.4, -0.2) is 51.4 Å². The number of hydrogen-bond donors (Lipinski definition) is 3. The minimum Gasteiger partial charge on any atom is -0.382 e. The fraction of sp³-hybridized carbons (Fsp3) is 0.667. The van der Waals surface area contributed by atoms with Gasteiger partial charge in [-0.2, -0.15) is 0 Å². The number of aromatic nitrogens is 1. The second-order valence-electron chi connectivity index (χ2n) is 4.05. The van der Waals surface area contributed by atoms with Gasteiger partial charge in [0.05, 0.1) is 13.2 Å². The van der Waals surface area contributed by atoms with E-state index >= 15 is 0 Å². The number of unbranched alkanes of at least 4 members (excludes halogenated alkanes) is 1. The minimum atomic E-state index is -0.179. The van der Waals surface area contributed by atoms with Crippen LogP contribution in [0.2, 0.25) is 0 Å². The first kappa shape index (κ1) is 16.7. The number of nitrogens with zero attached hydrogens (tertiary/aromatic N) is 1. The summed E-state index contributed by atoms with van der Waals surface area (Å²) < 4.78 is 10.2. The van der Waals surface area contributed by atoms with Crippen molar-refractivity contribution in [1.29, 1.82) is 0 Å². The molecule has 0 aliphatic rings. The monoisotopic (exact) mass is 302 g/mol. The highest BCUT2D eigenvalue weighted by Gasteiger charge is 2.14. The van der Waals surface area contributed by atoms with E-state index in [1.807, 2.05) is 0 Å². The summed E-state index contributed by atoms with van der Waals surface area (Å²) in [6, 6.07) is 0. The van der Waals surface area contributed by atoms with Crippen LogP contribution in [0.5, 0.6) is 0 Å². The summed E-state index contributed by atoms with van der Waals surface area (Å²) in [6.07, 6.45) is 1.75. The molecule has 20 heavy (non-hydrogen) atoms. The fourth-order valence-corrected chi connectivity index (χ4v) is 2.21. The van der Waals surface area contributed by atoms with Gasteiger partial charge < -0.3 is 25.8 Å². The highest BCUT2D eigenvalue weighted by Crippen LogP contribution is 2.24. The number of methoxy groups -OCH3 is 1. The van der Waals surface area contributed by atoms with Crippen molar-refractivity contribution in [2.24, 2.45) is 0 Å². The summed E-state index contributed by atoms with van der Waals surface area (Å²) in [6.45, 7) is 2.48. The Morgan fingerprint density at radius 3 is 2.80 bits per heavy atom. The van der Waals surface area contributed by atoms with E-state index < -0.39 is 0 Å². The van der Waals surface area contributed by atoms with Crippen LogP contribution < -0.4 is 16.4 Å². The van der Waals surface area contributed by atoms with Gasteiger partial charge in [-0.25, -0.2) is 4.98 Å². The quantitative estimate of drug-likeness (QED) is 0.556. The maximum atomic E-state index is 11.9. The van der Waals surface area contributed by atoms with Crippen molar-refractivity contribution < 1.29 is 14.3 Å². The number of carbonyl (C=O) groups excluding carboxylic acids is 1. The van der Waals surface area contributed by atoms with Crippen molar-refractivity contribution in [3.05, 3.63) is 4.88 Å². The maximum Gasteiger partial charge on any atom is 0.265 e. The SMILES string of the molecule is CNc1nc(N)c(C(=O)NCCCCOCCOC)s1. The molecular formula is C12H22N4O3S. The topological polar surface area (TPSA) is 98.5 Å². The molecule has 1 heterocycles. The summed E-state index contributed by atoms with van der Waals surface area (Å²) >= 11 is 1.25.